The molecule has 1 atom stereocenters. The Hall–Kier alpha value is -3.22. The van der Waals surface area contributed by atoms with E-state index >= 15 is 0 Å². The first-order valence-corrected chi connectivity index (χ1v) is 9.29. The second kappa shape index (κ2) is 9.64. The molecule has 1 aromatic rings. The number of fused-ring (bicyclic) bond motifs is 1. The molecular weight excluding hydrogens is 350 g/mol. The third-order valence-electron chi connectivity index (χ3n) is 4.43. The largest absolute Gasteiger partial charge is 0.404 e. The van der Waals surface area contributed by atoms with Crippen LogP contribution in [-0.4, -0.2) is 31.5 Å². The number of hydrogen-bond acceptors (Lipinski definition) is 7. The molecule has 0 fully saturated rings. The van der Waals surface area contributed by atoms with Crippen LogP contribution in [0.3, 0.4) is 0 Å². The van der Waals surface area contributed by atoms with Crippen molar-refractivity contribution in [2.75, 3.05) is 19.0 Å². The molecule has 0 amide bonds. The van der Waals surface area contributed by atoms with Gasteiger partial charge in [0.15, 0.2) is 0 Å². The molecule has 0 bridgehead atoms. The van der Waals surface area contributed by atoms with Crippen LogP contribution in [0.4, 0.5) is 5.69 Å². The fourth-order valence-corrected chi connectivity index (χ4v) is 3.05. The maximum Gasteiger partial charge on any atom is 0.120 e. The fourth-order valence-electron chi connectivity index (χ4n) is 3.05. The minimum absolute atomic E-state index is 0.107. The minimum Gasteiger partial charge on any atom is -0.404 e. The van der Waals surface area contributed by atoms with Crippen molar-refractivity contribution in [3.8, 4) is 0 Å². The molecule has 0 spiro atoms. The molecule has 0 saturated carbocycles. The lowest BCUT2D eigenvalue weighted by molar-refractivity contribution is 0.633. The van der Waals surface area contributed by atoms with Gasteiger partial charge in [-0.1, -0.05) is 13.8 Å². The van der Waals surface area contributed by atoms with Crippen LogP contribution in [0.15, 0.2) is 53.2 Å². The predicted octanol–water partition coefficient (Wildman–Crippen LogP) is 2.15. The van der Waals surface area contributed by atoms with Gasteiger partial charge in [0.05, 0.1) is 17.2 Å². The van der Waals surface area contributed by atoms with Crippen molar-refractivity contribution in [1.29, 1.82) is 0 Å². The Morgan fingerprint density at radius 3 is 2.71 bits per heavy atom. The molecule has 0 aliphatic carbocycles. The van der Waals surface area contributed by atoms with Gasteiger partial charge in [-0.3, -0.25) is 9.98 Å². The van der Waals surface area contributed by atoms with Crippen LogP contribution >= 0.6 is 0 Å². The summed E-state index contributed by atoms with van der Waals surface area (Å²) in [5.74, 6) is 1.07. The zero-order chi connectivity index (χ0) is 20.7. The highest BCUT2D eigenvalue weighted by molar-refractivity contribution is 6.09. The predicted molar refractivity (Wildman–Crippen MR) is 119 cm³/mol. The summed E-state index contributed by atoms with van der Waals surface area (Å²) < 4.78 is 0. The normalized spacial score (nSPS) is 18.1. The van der Waals surface area contributed by atoms with Crippen LogP contribution in [0.5, 0.6) is 0 Å². The molecule has 0 saturated heterocycles. The van der Waals surface area contributed by atoms with Gasteiger partial charge in [0.2, 0.25) is 0 Å². The number of nitrogens with two attached hydrogens (primary N) is 3. The lowest BCUT2D eigenvalue weighted by Gasteiger charge is -2.33. The van der Waals surface area contributed by atoms with Gasteiger partial charge >= 0.3 is 0 Å². The highest BCUT2D eigenvalue weighted by Crippen LogP contribution is 2.28. The van der Waals surface area contributed by atoms with E-state index in [2.05, 4.69) is 34.0 Å². The van der Waals surface area contributed by atoms with Gasteiger partial charge in [0, 0.05) is 43.8 Å². The average molecular weight is 382 g/mol. The van der Waals surface area contributed by atoms with E-state index in [0.717, 1.165) is 34.5 Å². The first-order chi connectivity index (χ1) is 13.4. The summed E-state index contributed by atoms with van der Waals surface area (Å²) in [5, 5.41) is 3.32. The van der Waals surface area contributed by atoms with Crippen molar-refractivity contribution >= 4 is 23.6 Å². The number of aliphatic imine (C=N–C) groups is 1. The van der Waals surface area contributed by atoms with E-state index in [9.17, 15) is 0 Å². The summed E-state index contributed by atoms with van der Waals surface area (Å²) in [7, 11) is 3.70. The van der Waals surface area contributed by atoms with Crippen molar-refractivity contribution < 1.29 is 0 Å². The number of likely N-dealkylation sites (N-methyl/N-ethyl adjacent to an activating group) is 1. The van der Waals surface area contributed by atoms with E-state index in [1.807, 2.05) is 31.3 Å². The summed E-state index contributed by atoms with van der Waals surface area (Å²) in [6.45, 7) is 4.29. The quantitative estimate of drug-likeness (QED) is 0.424. The van der Waals surface area contributed by atoms with Crippen molar-refractivity contribution in [1.82, 2.24) is 10.3 Å². The first kappa shape index (κ1) is 21.1. The van der Waals surface area contributed by atoms with E-state index in [4.69, 9.17) is 17.2 Å². The number of anilines is 1. The van der Waals surface area contributed by atoms with Gasteiger partial charge in [0.25, 0.3) is 0 Å². The zero-order valence-corrected chi connectivity index (χ0v) is 17.1. The zero-order valence-electron chi connectivity index (χ0n) is 17.1. The number of rotatable bonds is 7. The summed E-state index contributed by atoms with van der Waals surface area (Å²) in [5.41, 5.74) is 22.3. The highest BCUT2D eigenvalue weighted by atomic mass is 15.3. The molecule has 7 N–H and O–H groups in total. The molecule has 28 heavy (non-hydrogen) atoms. The van der Waals surface area contributed by atoms with Crippen molar-refractivity contribution in [2.24, 2.45) is 28.1 Å². The molecular formula is C21H31N7. The second-order valence-electron chi connectivity index (χ2n) is 7.14. The minimum atomic E-state index is -0.107. The Bertz CT molecular complexity index is 831. The number of nitrogens with one attached hydrogen (secondary N) is 1. The topological polar surface area (TPSA) is 119 Å². The summed E-state index contributed by atoms with van der Waals surface area (Å²) >= 11 is 0. The third kappa shape index (κ3) is 5.16. The standard InChI is InChI=1S/C21H31N7/c1-14(2)7-15(10-22)8-20(24)27-21-6-5-18-19(28(21)4)9-16(13-26-18)17(11-23)12-25-3/h5-6,8-14,21,27H,7,22-24H2,1-4H3/b15-10-,17-11?,20-8+,25-12?. The van der Waals surface area contributed by atoms with Crippen LogP contribution in [-0.2, 0) is 0 Å². The van der Waals surface area contributed by atoms with E-state index in [-0.39, 0.29) is 6.17 Å². The molecule has 7 heteroatoms. The maximum absolute atomic E-state index is 6.21. The second-order valence-corrected chi connectivity index (χ2v) is 7.14. The number of hydrogen-bond donors (Lipinski definition) is 4. The van der Waals surface area contributed by atoms with Crippen molar-refractivity contribution in [3.05, 3.63) is 59.5 Å². The molecule has 0 aromatic carbocycles. The van der Waals surface area contributed by atoms with Crippen molar-refractivity contribution in [2.45, 2.75) is 26.4 Å². The molecule has 1 aliphatic rings. The van der Waals surface area contributed by atoms with Crippen LogP contribution in [0, 0.1) is 5.92 Å². The Labute approximate surface area is 167 Å². The summed E-state index contributed by atoms with van der Waals surface area (Å²) in [6.07, 6.45) is 13.3. The highest BCUT2D eigenvalue weighted by Gasteiger charge is 2.21. The van der Waals surface area contributed by atoms with Gasteiger partial charge in [-0.25, -0.2) is 0 Å². The molecule has 2 heterocycles. The molecule has 0 radical (unpaired) electrons. The number of nitrogens with zero attached hydrogens (tertiary/aromatic N) is 3. The van der Waals surface area contributed by atoms with Gasteiger partial charge in [-0.2, -0.15) is 0 Å². The lowest BCUT2D eigenvalue weighted by Crippen LogP contribution is -2.45. The molecule has 2 rings (SSSR count). The van der Waals surface area contributed by atoms with Crippen molar-refractivity contribution in [3.63, 3.8) is 0 Å². The van der Waals surface area contributed by atoms with Gasteiger partial charge in [-0.05, 0) is 48.4 Å². The Kier molecular flexibility index (Phi) is 7.26. The van der Waals surface area contributed by atoms with Crippen LogP contribution in [0.2, 0.25) is 0 Å². The fraction of sp³-hybridized carbons (Fsp3) is 0.333. The average Bonchev–Trinajstić information content (AvgIpc) is 2.67. The van der Waals surface area contributed by atoms with Crippen LogP contribution < -0.4 is 27.4 Å². The van der Waals surface area contributed by atoms with Gasteiger partial charge < -0.3 is 27.4 Å². The molecule has 7 nitrogen and oxygen atoms in total. The molecule has 1 unspecified atom stereocenters. The van der Waals surface area contributed by atoms with E-state index in [1.165, 1.54) is 6.20 Å². The van der Waals surface area contributed by atoms with E-state index in [0.29, 0.717) is 11.7 Å². The van der Waals surface area contributed by atoms with E-state index in [1.54, 1.807) is 25.7 Å². The molecule has 1 aliphatic heterocycles. The maximum atomic E-state index is 6.21. The molecule has 150 valence electrons. The van der Waals surface area contributed by atoms with Crippen LogP contribution in [0.25, 0.3) is 11.6 Å². The monoisotopic (exact) mass is 381 g/mol. The van der Waals surface area contributed by atoms with Gasteiger partial charge in [-0.15, -0.1) is 0 Å². The van der Waals surface area contributed by atoms with Crippen LogP contribution in [0.1, 0.15) is 31.5 Å². The first-order valence-electron chi connectivity index (χ1n) is 9.29. The number of aromatic nitrogens is 1. The summed E-state index contributed by atoms with van der Waals surface area (Å²) in [4.78, 5) is 10.7. The smallest absolute Gasteiger partial charge is 0.120 e. The number of allylic oxidation sites excluding steroid dienone is 3. The lowest BCUT2D eigenvalue weighted by atomic mass is 10.0. The van der Waals surface area contributed by atoms with E-state index < -0.39 is 0 Å². The number of pyridine rings is 1. The van der Waals surface area contributed by atoms with Gasteiger partial charge in [0.1, 0.15) is 6.17 Å². The Morgan fingerprint density at radius 1 is 1.36 bits per heavy atom. The Morgan fingerprint density at radius 2 is 2.11 bits per heavy atom. The SMILES string of the molecule is CN=CC(=CN)c1cnc2c(c1)N(C)C(N/C(N)=C/C(=C\N)CC(C)C)C=C2. The summed E-state index contributed by atoms with van der Waals surface area (Å²) in [6, 6.07) is 2.05. The third-order valence-corrected chi connectivity index (χ3v) is 4.43. The molecule has 1 aromatic heterocycles. The Balaban J connectivity index is 2.23.